The van der Waals surface area contributed by atoms with Crippen LogP contribution in [0.5, 0.6) is 0 Å². The van der Waals surface area contributed by atoms with Crippen molar-refractivity contribution in [2.24, 2.45) is 0 Å². The van der Waals surface area contributed by atoms with Gasteiger partial charge in [0.2, 0.25) is 0 Å². The molecule has 140 valence electrons. The molecule has 1 N–H and O–H groups in total. The number of nitrogens with one attached hydrogen (secondary N) is 1. The number of nitrogens with zero attached hydrogens (tertiary/aromatic N) is 1. The van der Waals surface area contributed by atoms with E-state index in [4.69, 9.17) is 23.2 Å². The summed E-state index contributed by atoms with van der Waals surface area (Å²) in [7, 11) is 0. The van der Waals surface area contributed by atoms with E-state index in [-0.39, 0.29) is 6.04 Å². The minimum absolute atomic E-state index is 0.220. The molecule has 1 unspecified atom stereocenters. The van der Waals surface area contributed by atoms with Gasteiger partial charge in [0.25, 0.3) is 0 Å². The van der Waals surface area contributed by atoms with Gasteiger partial charge in [-0.1, -0.05) is 41.4 Å². The predicted molar refractivity (Wildman–Crippen MR) is 98.8 cm³/mol. The molecule has 0 bridgehead atoms. The molecule has 3 rings (SSSR count). The van der Waals surface area contributed by atoms with Crippen LogP contribution in [-0.4, -0.2) is 31.1 Å². The topological polar surface area (TPSA) is 15.3 Å². The smallest absolute Gasteiger partial charge is 0.315 e. The van der Waals surface area contributed by atoms with Crippen LogP contribution in [0.1, 0.15) is 29.2 Å². The van der Waals surface area contributed by atoms with E-state index in [0.717, 1.165) is 55.9 Å². The lowest BCUT2D eigenvalue weighted by Crippen LogP contribution is -2.33. The minimum atomic E-state index is -4.35. The Morgan fingerprint density at radius 1 is 0.962 bits per heavy atom. The van der Waals surface area contributed by atoms with Crippen LogP contribution in [0.2, 0.25) is 10.0 Å². The summed E-state index contributed by atoms with van der Waals surface area (Å²) in [6.45, 7) is 3.36. The molecule has 0 amide bonds. The van der Waals surface area contributed by atoms with Gasteiger partial charge in [0.15, 0.2) is 0 Å². The van der Waals surface area contributed by atoms with Crippen molar-refractivity contribution in [1.29, 1.82) is 0 Å². The number of halogens is 5. The third kappa shape index (κ3) is 4.52. The molecule has 0 radical (unpaired) electrons. The van der Waals surface area contributed by atoms with Gasteiger partial charge in [0, 0.05) is 29.7 Å². The molecule has 1 heterocycles. The van der Waals surface area contributed by atoms with E-state index in [1.54, 1.807) is 12.1 Å². The second-order valence-electron chi connectivity index (χ2n) is 6.33. The van der Waals surface area contributed by atoms with E-state index in [1.165, 1.54) is 12.1 Å². The number of hydrogen-bond acceptors (Lipinski definition) is 2. The van der Waals surface area contributed by atoms with Crippen LogP contribution < -0.4 is 5.32 Å². The molecule has 0 aromatic heterocycles. The van der Waals surface area contributed by atoms with Crippen LogP contribution in [0.3, 0.4) is 0 Å². The van der Waals surface area contributed by atoms with Crippen molar-refractivity contribution in [2.45, 2.75) is 18.6 Å². The Morgan fingerprint density at radius 2 is 1.69 bits per heavy atom. The first-order valence-corrected chi connectivity index (χ1v) is 9.19. The van der Waals surface area contributed by atoms with Gasteiger partial charge in [0.1, 0.15) is 0 Å². The van der Waals surface area contributed by atoms with Gasteiger partial charge >= 0.3 is 6.18 Å². The third-order valence-electron chi connectivity index (χ3n) is 4.55. The lowest BCUT2D eigenvalue weighted by Gasteiger charge is -2.32. The van der Waals surface area contributed by atoms with E-state index >= 15 is 0 Å². The third-order valence-corrected chi connectivity index (χ3v) is 5.11. The zero-order valence-electron chi connectivity index (χ0n) is 14.0. The standard InChI is InChI=1S/C19H19Cl2F3N2/c20-15-6-7-16(17(21)12-15)18(26-10-1-8-25-9-11-26)13-2-4-14(5-3-13)19(22,23)24/h2-7,12,18,25H,1,8-11H2. The lowest BCUT2D eigenvalue weighted by molar-refractivity contribution is -0.137. The molecular formula is C19H19Cl2F3N2. The van der Waals surface area contributed by atoms with Crippen LogP contribution in [0.15, 0.2) is 42.5 Å². The summed E-state index contributed by atoms with van der Waals surface area (Å²) < 4.78 is 38.7. The summed E-state index contributed by atoms with van der Waals surface area (Å²) >= 11 is 12.4. The van der Waals surface area contributed by atoms with Crippen molar-refractivity contribution >= 4 is 23.2 Å². The highest BCUT2D eigenvalue weighted by Crippen LogP contribution is 2.36. The van der Waals surface area contributed by atoms with E-state index in [1.807, 2.05) is 6.07 Å². The highest BCUT2D eigenvalue weighted by molar-refractivity contribution is 6.35. The maximum Gasteiger partial charge on any atom is 0.416 e. The van der Waals surface area contributed by atoms with Gasteiger partial charge in [-0.2, -0.15) is 13.2 Å². The molecule has 26 heavy (non-hydrogen) atoms. The summed E-state index contributed by atoms with van der Waals surface area (Å²) in [5.74, 6) is 0. The predicted octanol–water partition coefficient (Wildman–Crippen LogP) is 5.40. The van der Waals surface area contributed by atoms with E-state index < -0.39 is 11.7 Å². The number of rotatable bonds is 3. The number of hydrogen-bond donors (Lipinski definition) is 1. The van der Waals surface area contributed by atoms with E-state index in [9.17, 15) is 13.2 Å². The first-order valence-electron chi connectivity index (χ1n) is 8.43. The second kappa shape index (κ2) is 8.17. The first-order chi connectivity index (χ1) is 12.4. The average Bonchev–Trinajstić information content (AvgIpc) is 2.86. The van der Waals surface area contributed by atoms with E-state index in [0.29, 0.717) is 10.0 Å². The minimum Gasteiger partial charge on any atom is -0.315 e. The molecule has 1 atom stereocenters. The highest BCUT2D eigenvalue weighted by atomic mass is 35.5. The Morgan fingerprint density at radius 3 is 2.35 bits per heavy atom. The summed E-state index contributed by atoms with van der Waals surface area (Å²) in [6, 6.07) is 10.4. The number of benzene rings is 2. The normalized spacial score (nSPS) is 17.7. The number of alkyl halides is 3. The van der Waals surface area contributed by atoms with Crippen molar-refractivity contribution in [3.63, 3.8) is 0 Å². The molecule has 1 aliphatic rings. The van der Waals surface area contributed by atoms with Gasteiger partial charge in [-0.3, -0.25) is 4.90 Å². The van der Waals surface area contributed by atoms with Crippen LogP contribution in [0.25, 0.3) is 0 Å². The zero-order chi connectivity index (χ0) is 18.7. The SMILES string of the molecule is FC(F)(F)c1ccc(C(c2ccc(Cl)cc2Cl)N2CCCNCC2)cc1. The Hall–Kier alpha value is -1.27. The maximum absolute atomic E-state index is 12.9. The largest absolute Gasteiger partial charge is 0.416 e. The molecule has 1 fully saturated rings. The van der Waals surface area contributed by atoms with Crippen molar-refractivity contribution < 1.29 is 13.2 Å². The van der Waals surface area contributed by atoms with Gasteiger partial charge < -0.3 is 5.32 Å². The van der Waals surface area contributed by atoms with Crippen molar-refractivity contribution in [3.8, 4) is 0 Å². The molecule has 0 aliphatic carbocycles. The van der Waals surface area contributed by atoms with Crippen molar-refractivity contribution in [1.82, 2.24) is 10.2 Å². The second-order valence-corrected chi connectivity index (χ2v) is 7.17. The van der Waals surface area contributed by atoms with Gasteiger partial charge in [-0.25, -0.2) is 0 Å². The Bertz CT molecular complexity index is 739. The van der Waals surface area contributed by atoms with Crippen LogP contribution in [0, 0.1) is 0 Å². The first kappa shape index (κ1) is 19.5. The molecule has 2 nitrogen and oxygen atoms in total. The molecular weight excluding hydrogens is 384 g/mol. The average molecular weight is 403 g/mol. The maximum atomic E-state index is 12.9. The van der Waals surface area contributed by atoms with E-state index in [2.05, 4.69) is 10.2 Å². The molecule has 2 aromatic rings. The Kier molecular flexibility index (Phi) is 6.13. The fraction of sp³-hybridized carbons (Fsp3) is 0.368. The lowest BCUT2D eigenvalue weighted by atomic mass is 9.95. The van der Waals surface area contributed by atoms with Crippen molar-refractivity contribution in [2.75, 3.05) is 26.2 Å². The summed E-state index contributed by atoms with van der Waals surface area (Å²) in [6.07, 6.45) is -3.39. The summed E-state index contributed by atoms with van der Waals surface area (Å²) in [5, 5.41) is 4.39. The molecule has 0 spiro atoms. The summed E-state index contributed by atoms with van der Waals surface area (Å²) in [5.41, 5.74) is 0.974. The fourth-order valence-corrected chi connectivity index (χ4v) is 3.80. The highest BCUT2D eigenvalue weighted by Gasteiger charge is 2.31. The summed E-state index contributed by atoms with van der Waals surface area (Å²) in [4.78, 5) is 2.25. The quantitative estimate of drug-likeness (QED) is 0.739. The van der Waals surface area contributed by atoms with Gasteiger partial charge in [0.05, 0.1) is 11.6 Å². The molecule has 0 saturated carbocycles. The van der Waals surface area contributed by atoms with Gasteiger partial charge in [-0.15, -0.1) is 0 Å². The molecule has 7 heteroatoms. The van der Waals surface area contributed by atoms with Gasteiger partial charge in [-0.05, 0) is 48.4 Å². The van der Waals surface area contributed by atoms with Crippen LogP contribution in [0.4, 0.5) is 13.2 Å². The molecule has 2 aromatic carbocycles. The molecule has 1 saturated heterocycles. The fourth-order valence-electron chi connectivity index (χ4n) is 3.29. The van der Waals surface area contributed by atoms with Crippen LogP contribution >= 0.6 is 23.2 Å². The van der Waals surface area contributed by atoms with Crippen molar-refractivity contribution in [3.05, 3.63) is 69.2 Å². The molecule has 1 aliphatic heterocycles. The Balaban J connectivity index is 2.02. The Labute approximate surface area is 160 Å². The zero-order valence-corrected chi connectivity index (χ0v) is 15.5. The monoisotopic (exact) mass is 402 g/mol. The van der Waals surface area contributed by atoms with Crippen LogP contribution in [-0.2, 0) is 6.18 Å².